The van der Waals surface area contributed by atoms with Gasteiger partial charge in [-0.3, -0.25) is 0 Å². The van der Waals surface area contributed by atoms with Crippen molar-refractivity contribution in [3.8, 4) is 0 Å². The van der Waals surface area contributed by atoms with Crippen LogP contribution in [0.2, 0.25) is 0 Å². The molecule has 2 rings (SSSR count). The molecule has 1 atom stereocenters. The summed E-state index contributed by atoms with van der Waals surface area (Å²) < 4.78 is 0. The minimum atomic E-state index is -0.0508. The number of rotatable bonds is 2. The van der Waals surface area contributed by atoms with Crippen LogP contribution in [0.15, 0.2) is 24.3 Å². The minimum Gasteiger partial charge on any atom is -0.321 e. The number of hydrogen-bond donors (Lipinski definition) is 1. The molecule has 0 spiro atoms. The van der Waals surface area contributed by atoms with Crippen molar-refractivity contribution in [2.45, 2.75) is 38.6 Å². The summed E-state index contributed by atoms with van der Waals surface area (Å²) in [4.78, 5) is 0. The fourth-order valence-electron chi connectivity index (χ4n) is 2.66. The lowest BCUT2D eigenvalue weighted by molar-refractivity contribution is 0.348. The Morgan fingerprint density at radius 1 is 1.36 bits per heavy atom. The summed E-state index contributed by atoms with van der Waals surface area (Å²) in [6.45, 7) is 4.49. The Morgan fingerprint density at radius 3 is 2.79 bits per heavy atom. The Kier molecular flexibility index (Phi) is 2.36. The van der Waals surface area contributed by atoms with Gasteiger partial charge in [-0.2, -0.15) is 0 Å². The molecule has 1 aliphatic rings. The van der Waals surface area contributed by atoms with Crippen molar-refractivity contribution in [2.75, 3.05) is 0 Å². The van der Waals surface area contributed by atoms with Gasteiger partial charge in [0.1, 0.15) is 0 Å². The normalized spacial score (nSPS) is 25.4. The molecule has 2 N–H and O–H groups in total. The van der Waals surface area contributed by atoms with Crippen LogP contribution in [0.1, 0.15) is 37.8 Å². The summed E-state index contributed by atoms with van der Waals surface area (Å²) in [6.07, 6.45) is 3.37. The van der Waals surface area contributed by atoms with E-state index >= 15 is 0 Å². The van der Waals surface area contributed by atoms with Gasteiger partial charge in [-0.1, -0.05) is 38.1 Å². The van der Waals surface area contributed by atoms with Gasteiger partial charge in [0.2, 0.25) is 0 Å². The number of benzene rings is 1. The molecule has 1 unspecified atom stereocenters. The lowest BCUT2D eigenvalue weighted by Gasteiger charge is -2.27. The molecule has 0 radical (unpaired) electrons. The Bertz CT molecular complexity index is 330. The first-order valence-corrected chi connectivity index (χ1v) is 5.49. The van der Waals surface area contributed by atoms with E-state index < -0.39 is 0 Å². The molecule has 1 aliphatic carbocycles. The molecule has 14 heavy (non-hydrogen) atoms. The van der Waals surface area contributed by atoms with E-state index in [1.807, 2.05) is 0 Å². The first kappa shape index (κ1) is 9.72. The van der Waals surface area contributed by atoms with Gasteiger partial charge < -0.3 is 5.73 Å². The van der Waals surface area contributed by atoms with E-state index in [1.54, 1.807) is 0 Å². The zero-order chi connectivity index (χ0) is 10.2. The summed E-state index contributed by atoms with van der Waals surface area (Å²) in [5, 5.41) is 0. The fourth-order valence-corrected chi connectivity index (χ4v) is 2.66. The van der Waals surface area contributed by atoms with Crippen LogP contribution >= 0.6 is 0 Å². The summed E-state index contributed by atoms with van der Waals surface area (Å²) in [5.41, 5.74) is 9.26. The quantitative estimate of drug-likeness (QED) is 0.760. The Balaban J connectivity index is 2.32. The Morgan fingerprint density at radius 2 is 2.07 bits per heavy atom. The molecule has 0 saturated heterocycles. The second-order valence-electron chi connectivity index (χ2n) is 4.91. The highest BCUT2D eigenvalue weighted by Gasteiger charge is 2.34. The molecule has 76 valence electrons. The third-order valence-corrected chi connectivity index (χ3v) is 3.17. The van der Waals surface area contributed by atoms with Gasteiger partial charge in [0.25, 0.3) is 0 Å². The highest BCUT2D eigenvalue weighted by Crippen LogP contribution is 2.38. The SMILES string of the molecule is CC(C)CC1(N)CCc2ccccc21. The molecule has 1 aromatic carbocycles. The molecule has 1 heteroatoms. The average Bonchev–Trinajstić information content (AvgIpc) is 2.44. The van der Waals surface area contributed by atoms with Gasteiger partial charge in [-0.15, -0.1) is 0 Å². The van der Waals surface area contributed by atoms with Crippen molar-refractivity contribution in [1.29, 1.82) is 0 Å². The van der Waals surface area contributed by atoms with Gasteiger partial charge in [0.05, 0.1) is 0 Å². The zero-order valence-corrected chi connectivity index (χ0v) is 9.09. The summed E-state index contributed by atoms with van der Waals surface area (Å²) in [5.74, 6) is 0.672. The average molecular weight is 189 g/mol. The largest absolute Gasteiger partial charge is 0.321 e. The van der Waals surface area contributed by atoms with Gasteiger partial charge >= 0.3 is 0 Å². The molecule has 1 nitrogen and oxygen atoms in total. The standard InChI is InChI=1S/C13H19N/c1-10(2)9-13(14)8-7-11-5-3-4-6-12(11)13/h3-6,10H,7-9,14H2,1-2H3. The fraction of sp³-hybridized carbons (Fsp3) is 0.538. The van der Waals surface area contributed by atoms with Crippen molar-refractivity contribution in [3.05, 3.63) is 35.4 Å². The Labute approximate surface area is 86.3 Å². The van der Waals surface area contributed by atoms with E-state index in [0.29, 0.717) is 5.92 Å². The van der Waals surface area contributed by atoms with E-state index in [4.69, 9.17) is 5.73 Å². The van der Waals surface area contributed by atoms with Crippen LogP contribution in [0.5, 0.6) is 0 Å². The predicted octanol–water partition coefficient (Wildman–Crippen LogP) is 2.83. The molecule has 0 heterocycles. The maximum atomic E-state index is 6.47. The lowest BCUT2D eigenvalue weighted by Crippen LogP contribution is -2.35. The third kappa shape index (κ3) is 1.57. The predicted molar refractivity (Wildman–Crippen MR) is 60.1 cm³/mol. The second-order valence-corrected chi connectivity index (χ2v) is 4.91. The Hall–Kier alpha value is -0.820. The van der Waals surface area contributed by atoms with Crippen molar-refractivity contribution in [2.24, 2.45) is 11.7 Å². The van der Waals surface area contributed by atoms with Gasteiger partial charge in [0.15, 0.2) is 0 Å². The number of nitrogens with two attached hydrogens (primary N) is 1. The van der Waals surface area contributed by atoms with Crippen LogP contribution in [0, 0.1) is 5.92 Å². The third-order valence-electron chi connectivity index (χ3n) is 3.17. The number of fused-ring (bicyclic) bond motifs is 1. The van der Waals surface area contributed by atoms with Crippen LogP contribution < -0.4 is 5.73 Å². The zero-order valence-electron chi connectivity index (χ0n) is 9.09. The minimum absolute atomic E-state index is 0.0508. The van der Waals surface area contributed by atoms with E-state index in [9.17, 15) is 0 Å². The van der Waals surface area contributed by atoms with Gasteiger partial charge in [0, 0.05) is 5.54 Å². The molecular weight excluding hydrogens is 170 g/mol. The summed E-state index contributed by atoms with van der Waals surface area (Å²) in [7, 11) is 0. The second kappa shape index (κ2) is 3.39. The highest BCUT2D eigenvalue weighted by atomic mass is 14.8. The number of aryl methyl sites for hydroxylation is 1. The topological polar surface area (TPSA) is 26.0 Å². The smallest absolute Gasteiger partial charge is 0.0418 e. The maximum Gasteiger partial charge on any atom is 0.0418 e. The van der Waals surface area contributed by atoms with Crippen molar-refractivity contribution in [1.82, 2.24) is 0 Å². The molecule has 0 aliphatic heterocycles. The maximum absolute atomic E-state index is 6.47. The van der Waals surface area contributed by atoms with Crippen LogP contribution in [-0.2, 0) is 12.0 Å². The molecule has 0 fully saturated rings. The first-order valence-electron chi connectivity index (χ1n) is 5.49. The molecule has 1 aromatic rings. The van der Waals surface area contributed by atoms with E-state index in [2.05, 4.69) is 38.1 Å². The molecular formula is C13H19N. The van der Waals surface area contributed by atoms with Crippen LogP contribution in [0.4, 0.5) is 0 Å². The summed E-state index contributed by atoms with van der Waals surface area (Å²) >= 11 is 0. The molecule has 0 aromatic heterocycles. The first-order chi connectivity index (χ1) is 6.62. The van der Waals surface area contributed by atoms with Crippen molar-refractivity contribution in [3.63, 3.8) is 0 Å². The van der Waals surface area contributed by atoms with Crippen LogP contribution in [0.25, 0.3) is 0 Å². The van der Waals surface area contributed by atoms with E-state index in [0.717, 1.165) is 19.3 Å². The van der Waals surface area contributed by atoms with E-state index in [-0.39, 0.29) is 5.54 Å². The van der Waals surface area contributed by atoms with Crippen LogP contribution in [-0.4, -0.2) is 0 Å². The molecule has 0 bridgehead atoms. The van der Waals surface area contributed by atoms with Gasteiger partial charge in [-0.05, 0) is 36.3 Å². The molecule has 0 saturated carbocycles. The van der Waals surface area contributed by atoms with Crippen molar-refractivity contribution < 1.29 is 0 Å². The lowest BCUT2D eigenvalue weighted by atomic mass is 9.85. The van der Waals surface area contributed by atoms with Gasteiger partial charge in [-0.25, -0.2) is 0 Å². The van der Waals surface area contributed by atoms with Crippen LogP contribution in [0.3, 0.4) is 0 Å². The number of hydrogen-bond acceptors (Lipinski definition) is 1. The van der Waals surface area contributed by atoms with Crippen molar-refractivity contribution >= 4 is 0 Å². The van der Waals surface area contributed by atoms with E-state index in [1.165, 1.54) is 11.1 Å². The highest BCUT2D eigenvalue weighted by molar-refractivity contribution is 5.38. The molecule has 0 amide bonds. The summed E-state index contributed by atoms with van der Waals surface area (Å²) in [6, 6.07) is 8.63. The monoisotopic (exact) mass is 189 g/mol.